The molecule has 1 saturated carbocycles. The van der Waals surface area contributed by atoms with Crippen molar-refractivity contribution in [1.29, 1.82) is 0 Å². The van der Waals surface area contributed by atoms with Crippen LogP contribution < -0.4 is 4.72 Å². The summed E-state index contributed by atoms with van der Waals surface area (Å²) in [5.74, 6) is 0.871. The van der Waals surface area contributed by atoms with Crippen molar-refractivity contribution in [3.63, 3.8) is 0 Å². The number of benzene rings is 1. The van der Waals surface area contributed by atoms with Gasteiger partial charge in [0, 0.05) is 11.9 Å². The minimum absolute atomic E-state index is 0.0616. The molecule has 2 atom stereocenters. The summed E-state index contributed by atoms with van der Waals surface area (Å²) in [6.07, 6.45) is 3.71. The summed E-state index contributed by atoms with van der Waals surface area (Å²) in [6.45, 7) is 3.82. The Hall–Kier alpha value is -1.79. The highest BCUT2D eigenvalue weighted by molar-refractivity contribution is 7.89. The zero-order valence-corrected chi connectivity index (χ0v) is 14.8. The summed E-state index contributed by atoms with van der Waals surface area (Å²) in [6, 6.07) is 11.2. The van der Waals surface area contributed by atoms with E-state index in [0.717, 1.165) is 24.1 Å². The Labute approximate surface area is 143 Å². The minimum atomic E-state index is -3.42. The van der Waals surface area contributed by atoms with Crippen LogP contribution in [0, 0.1) is 12.8 Å². The van der Waals surface area contributed by atoms with E-state index in [2.05, 4.69) is 14.7 Å². The lowest BCUT2D eigenvalue weighted by atomic mass is 10.0. The van der Waals surface area contributed by atoms with E-state index in [4.69, 9.17) is 0 Å². The average molecular weight is 345 g/mol. The van der Waals surface area contributed by atoms with Gasteiger partial charge in [-0.2, -0.15) is 0 Å². The quantitative estimate of drug-likeness (QED) is 0.837. The summed E-state index contributed by atoms with van der Waals surface area (Å²) in [5.41, 5.74) is 1.88. The van der Waals surface area contributed by atoms with Crippen molar-refractivity contribution in [3.05, 3.63) is 59.7 Å². The Morgan fingerprint density at radius 3 is 2.54 bits per heavy atom. The Bertz CT molecular complexity index is 789. The van der Waals surface area contributed by atoms with Gasteiger partial charge in [-0.1, -0.05) is 37.3 Å². The molecule has 1 heterocycles. The molecular formula is C18H23N3O2S. The molecule has 0 spiro atoms. The van der Waals surface area contributed by atoms with Crippen LogP contribution in [0.2, 0.25) is 0 Å². The van der Waals surface area contributed by atoms with E-state index < -0.39 is 10.0 Å². The molecule has 1 fully saturated rings. The van der Waals surface area contributed by atoms with Crippen LogP contribution >= 0.6 is 0 Å². The highest BCUT2D eigenvalue weighted by Crippen LogP contribution is 2.40. The molecular weight excluding hydrogens is 322 g/mol. The maximum Gasteiger partial charge on any atom is 0.212 e. The van der Waals surface area contributed by atoms with Crippen LogP contribution in [-0.4, -0.2) is 24.1 Å². The minimum Gasteiger partial charge on any atom is -0.240 e. The van der Waals surface area contributed by atoms with E-state index in [1.54, 1.807) is 6.20 Å². The van der Waals surface area contributed by atoms with Crippen molar-refractivity contribution in [3.8, 4) is 0 Å². The van der Waals surface area contributed by atoms with Gasteiger partial charge in [0.2, 0.25) is 10.0 Å². The van der Waals surface area contributed by atoms with Crippen LogP contribution in [0.25, 0.3) is 0 Å². The topological polar surface area (TPSA) is 72.0 Å². The van der Waals surface area contributed by atoms with Crippen molar-refractivity contribution in [1.82, 2.24) is 14.7 Å². The van der Waals surface area contributed by atoms with Gasteiger partial charge in [0.25, 0.3) is 0 Å². The molecule has 2 aromatic rings. The number of nitrogens with zero attached hydrogens (tertiary/aromatic N) is 2. The number of aryl methyl sites for hydroxylation is 1. The highest BCUT2D eigenvalue weighted by atomic mass is 32.2. The van der Waals surface area contributed by atoms with Gasteiger partial charge in [-0.05, 0) is 43.2 Å². The Balaban J connectivity index is 1.74. The van der Waals surface area contributed by atoms with Crippen molar-refractivity contribution in [2.45, 2.75) is 38.6 Å². The van der Waals surface area contributed by atoms with Crippen LogP contribution in [0.5, 0.6) is 0 Å². The monoisotopic (exact) mass is 345 g/mol. The van der Waals surface area contributed by atoms with E-state index in [-0.39, 0.29) is 17.7 Å². The molecule has 0 aliphatic heterocycles. The maximum absolute atomic E-state index is 12.6. The second kappa shape index (κ2) is 6.99. The molecule has 0 bridgehead atoms. The molecule has 0 amide bonds. The van der Waals surface area contributed by atoms with Crippen LogP contribution in [0.1, 0.15) is 48.8 Å². The number of hydrogen-bond donors (Lipinski definition) is 1. The Kier molecular flexibility index (Phi) is 4.96. The summed E-state index contributed by atoms with van der Waals surface area (Å²) in [5, 5.41) is 0. The zero-order chi connectivity index (χ0) is 17.2. The molecule has 5 nitrogen and oxygen atoms in total. The average Bonchev–Trinajstić information content (AvgIpc) is 3.38. The van der Waals surface area contributed by atoms with Crippen LogP contribution in [-0.2, 0) is 10.0 Å². The fourth-order valence-electron chi connectivity index (χ4n) is 2.86. The first-order valence-electron chi connectivity index (χ1n) is 8.29. The van der Waals surface area contributed by atoms with E-state index in [0.29, 0.717) is 11.7 Å². The third-order valence-electron chi connectivity index (χ3n) is 4.33. The first kappa shape index (κ1) is 17.0. The van der Waals surface area contributed by atoms with Gasteiger partial charge >= 0.3 is 0 Å². The van der Waals surface area contributed by atoms with Crippen LogP contribution in [0.15, 0.2) is 42.6 Å². The second-order valence-electron chi connectivity index (χ2n) is 6.58. The third-order valence-corrected chi connectivity index (χ3v) is 5.88. The molecule has 24 heavy (non-hydrogen) atoms. The van der Waals surface area contributed by atoms with Crippen LogP contribution in [0.3, 0.4) is 0 Å². The predicted octanol–water partition coefficient (Wildman–Crippen LogP) is 2.96. The number of rotatable bonds is 7. The maximum atomic E-state index is 12.6. The standard InChI is InChI=1S/C18H23N3O2S/c1-13(15-6-4-3-5-7-15)12-24(22,23)21-17(16-8-9-16)18-19-11-10-14(2)20-18/h3-7,10-11,13,16-17,21H,8-9,12H2,1-2H3/t13-,17+/m1/s1. The van der Waals surface area contributed by atoms with Gasteiger partial charge in [-0.3, -0.25) is 0 Å². The van der Waals surface area contributed by atoms with Gasteiger partial charge in [0.05, 0.1) is 11.8 Å². The number of aromatic nitrogens is 2. The molecule has 0 unspecified atom stereocenters. The fourth-order valence-corrected chi connectivity index (χ4v) is 4.49. The van der Waals surface area contributed by atoms with Crippen molar-refractivity contribution >= 4 is 10.0 Å². The van der Waals surface area contributed by atoms with E-state index in [1.807, 2.05) is 50.2 Å². The van der Waals surface area contributed by atoms with Gasteiger partial charge in [-0.15, -0.1) is 0 Å². The van der Waals surface area contributed by atoms with Gasteiger partial charge in [-0.25, -0.2) is 23.1 Å². The molecule has 0 radical (unpaired) electrons. The Morgan fingerprint density at radius 1 is 1.21 bits per heavy atom. The molecule has 1 N–H and O–H groups in total. The highest BCUT2D eigenvalue weighted by Gasteiger charge is 2.37. The van der Waals surface area contributed by atoms with Crippen molar-refractivity contribution in [2.24, 2.45) is 5.92 Å². The van der Waals surface area contributed by atoms with Crippen LogP contribution in [0.4, 0.5) is 0 Å². The van der Waals surface area contributed by atoms with E-state index in [1.165, 1.54) is 0 Å². The molecule has 1 aliphatic rings. The van der Waals surface area contributed by atoms with Crippen molar-refractivity contribution in [2.75, 3.05) is 5.75 Å². The summed E-state index contributed by atoms with van der Waals surface area (Å²) < 4.78 is 28.1. The molecule has 1 aromatic heterocycles. The lowest BCUT2D eigenvalue weighted by molar-refractivity contribution is 0.507. The molecule has 128 valence electrons. The lowest BCUT2D eigenvalue weighted by Crippen LogP contribution is -2.34. The van der Waals surface area contributed by atoms with E-state index in [9.17, 15) is 8.42 Å². The summed E-state index contributed by atoms with van der Waals surface area (Å²) in [4.78, 5) is 8.70. The SMILES string of the molecule is Cc1ccnc([C@@H](NS(=O)(=O)C[C@@H](C)c2ccccc2)C2CC2)n1. The first-order valence-corrected chi connectivity index (χ1v) is 9.94. The molecule has 6 heteroatoms. The predicted molar refractivity (Wildman–Crippen MR) is 94.0 cm³/mol. The number of nitrogens with one attached hydrogen (secondary N) is 1. The smallest absolute Gasteiger partial charge is 0.212 e. The number of sulfonamides is 1. The van der Waals surface area contributed by atoms with E-state index >= 15 is 0 Å². The normalized spacial score (nSPS) is 17.4. The largest absolute Gasteiger partial charge is 0.240 e. The summed E-state index contributed by atoms with van der Waals surface area (Å²) >= 11 is 0. The Morgan fingerprint density at radius 2 is 1.92 bits per heavy atom. The number of hydrogen-bond acceptors (Lipinski definition) is 4. The van der Waals surface area contributed by atoms with Crippen molar-refractivity contribution < 1.29 is 8.42 Å². The summed E-state index contributed by atoms with van der Waals surface area (Å²) in [7, 11) is -3.42. The second-order valence-corrected chi connectivity index (χ2v) is 8.38. The van der Waals surface area contributed by atoms with Gasteiger partial charge in [0.15, 0.2) is 0 Å². The first-order chi connectivity index (χ1) is 11.4. The molecule has 0 saturated heterocycles. The zero-order valence-electron chi connectivity index (χ0n) is 14.0. The molecule has 3 rings (SSSR count). The molecule has 1 aliphatic carbocycles. The lowest BCUT2D eigenvalue weighted by Gasteiger charge is -2.19. The molecule has 1 aromatic carbocycles. The van der Waals surface area contributed by atoms with Gasteiger partial charge in [0.1, 0.15) is 5.82 Å². The van der Waals surface area contributed by atoms with Gasteiger partial charge < -0.3 is 0 Å². The fraction of sp³-hybridized carbons (Fsp3) is 0.444. The third kappa shape index (κ3) is 4.39.